The van der Waals surface area contributed by atoms with Crippen molar-refractivity contribution in [3.05, 3.63) is 23.3 Å². The molecular weight excluding hydrogens is 180 g/mol. The van der Waals surface area contributed by atoms with Crippen LogP contribution >= 0.6 is 0 Å². The molecule has 72 valence electrons. The minimum Gasteiger partial charge on any atom is -0.402 e. The van der Waals surface area contributed by atoms with Crippen LogP contribution in [-0.4, -0.2) is 6.29 Å². The molecular formula is C8H9F2NO2. The van der Waals surface area contributed by atoms with E-state index in [0.717, 1.165) is 0 Å². The zero-order valence-corrected chi connectivity index (χ0v) is 7.01. The highest BCUT2D eigenvalue weighted by Crippen LogP contribution is 2.40. The average molecular weight is 189 g/mol. The fourth-order valence-electron chi connectivity index (χ4n) is 1.34. The van der Waals surface area contributed by atoms with Crippen LogP contribution < -0.4 is 5.73 Å². The molecule has 1 aliphatic heterocycles. The number of hydrogen-bond acceptors (Lipinski definition) is 3. The maximum atomic E-state index is 12.5. The van der Waals surface area contributed by atoms with Crippen molar-refractivity contribution >= 4 is 0 Å². The first kappa shape index (κ1) is 8.34. The smallest absolute Gasteiger partial charge is 0.402 e. The molecule has 3 nitrogen and oxygen atoms in total. The van der Waals surface area contributed by atoms with Crippen LogP contribution in [0.15, 0.2) is 23.3 Å². The lowest BCUT2D eigenvalue weighted by Gasteiger charge is -2.15. The highest BCUT2D eigenvalue weighted by atomic mass is 19.3. The highest BCUT2D eigenvalue weighted by molar-refractivity contribution is 5.28. The summed E-state index contributed by atoms with van der Waals surface area (Å²) in [5.41, 5.74) is 6.11. The van der Waals surface area contributed by atoms with E-state index in [0.29, 0.717) is 12.1 Å². The summed E-state index contributed by atoms with van der Waals surface area (Å²) in [5.74, 6) is 0.267. The Hall–Kier alpha value is -1.26. The van der Waals surface area contributed by atoms with Crippen molar-refractivity contribution in [1.29, 1.82) is 0 Å². The van der Waals surface area contributed by atoms with E-state index in [9.17, 15) is 8.78 Å². The van der Waals surface area contributed by atoms with Gasteiger partial charge in [0, 0.05) is 24.1 Å². The monoisotopic (exact) mass is 189 g/mol. The molecule has 2 N–H and O–H groups in total. The molecule has 1 unspecified atom stereocenters. The summed E-state index contributed by atoms with van der Waals surface area (Å²) >= 11 is 0. The van der Waals surface area contributed by atoms with Crippen LogP contribution in [-0.2, 0) is 9.47 Å². The molecule has 1 atom stereocenters. The van der Waals surface area contributed by atoms with Gasteiger partial charge in [-0.25, -0.2) is 0 Å². The maximum Gasteiger partial charge on any atom is 0.585 e. The van der Waals surface area contributed by atoms with Gasteiger partial charge in [-0.2, -0.15) is 0 Å². The lowest BCUT2D eigenvalue weighted by molar-refractivity contribution is -0.336. The van der Waals surface area contributed by atoms with Crippen molar-refractivity contribution in [2.24, 2.45) is 11.7 Å². The quantitative estimate of drug-likeness (QED) is 0.630. The van der Waals surface area contributed by atoms with Gasteiger partial charge in [-0.05, 0) is 0 Å². The fourth-order valence-corrected chi connectivity index (χ4v) is 1.34. The van der Waals surface area contributed by atoms with Crippen molar-refractivity contribution < 1.29 is 18.3 Å². The van der Waals surface area contributed by atoms with Gasteiger partial charge in [0.2, 0.25) is 0 Å². The van der Waals surface area contributed by atoms with Crippen LogP contribution in [0.5, 0.6) is 0 Å². The summed E-state index contributed by atoms with van der Waals surface area (Å²) in [5, 5.41) is 0. The van der Waals surface area contributed by atoms with Crippen molar-refractivity contribution in [1.82, 2.24) is 0 Å². The first-order valence-corrected chi connectivity index (χ1v) is 3.94. The minimum absolute atomic E-state index is 0.0243. The molecule has 1 aliphatic carbocycles. The number of alkyl halides is 2. The Balaban J connectivity index is 2.26. The second kappa shape index (κ2) is 2.37. The van der Waals surface area contributed by atoms with Gasteiger partial charge in [0.15, 0.2) is 11.5 Å². The molecule has 0 aromatic heterocycles. The van der Waals surface area contributed by atoms with E-state index in [1.807, 2.05) is 6.92 Å². The highest BCUT2D eigenvalue weighted by Gasteiger charge is 2.45. The van der Waals surface area contributed by atoms with Crippen molar-refractivity contribution in [3.63, 3.8) is 0 Å². The Bertz CT molecular complexity index is 309. The SMILES string of the molecule is CC1CC2=C(C=C1N)OC(F)(F)O2. The van der Waals surface area contributed by atoms with Crippen molar-refractivity contribution in [3.8, 4) is 0 Å². The van der Waals surface area contributed by atoms with Gasteiger partial charge in [0.1, 0.15) is 0 Å². The predicted molar refractivity (Wildman–Crippen MR) is 40.2 cm³/mol. The van der Waals surface area contributed by atoms with Gasteiger partial charge < -0.3 is 15.2 Å². The number of nitrogens with two attached hydrogens (primary N) is 1. The Morgan fingerprint density at radius 1 is 1.54 bits per heavy atom. The summed E-state index contributed by atoms with van der Waals surface area (Å²) in [4.78, 5) is 0. The largest absolute Gasteiger partial charge is 0.585 e. The first-order valence-electron chi connectivity index (χ1n) is 3.94. The Labute approximate surface area is 73.8 Å². The fraction of sp³-hybridized carbons (Fsp3) is 0.500. The summed E-state index contributed by atoms with van der Waals surface area (Å²) in [6.45, 7) is 1.84. The van der Waals surface area contributed by atoms with Gasteiger partial charge in [-0.1, -0.05) is 6.92 Å². The summed E-state index contributed by atoms with van der Waals surface area (Å²) in [7, 11) is 0. The molecule has 5 heteroatoms. The van der Waals surface area contributed by atoms with E-state index < -0.39 is 6.29 Å². The van der Waals surface area contributed by atoms with Crippen LogP contribution in [0.3, 0.4) is 0 Å². The van der Waals surface area contributed by atoms with Gasteiger partial charge in [0.25, 0.3) is 0 Å². The number of ether oxygens (including phenoxy) is 2. The molecule has 13 heavy (non-hydrogen) atoms. The van der Waals surface area contributed by atoms with Crippen LogP contribution in [0.1, 0.15) is 13.3 Å². The zero-order chi connectivity index (χ0) is 9.64. The molecule has 0 bridgehead atoms. The number of allylic oxidation sites excluding steroid dienone is 3. The Kier molecular flexibility index (Phi) is 1.52. The zero-order valence-electron chi connectivity index (χ0n) is 7.01. The third kappa shape index (κ3) is 1.34. The van der Waals surface area contributed by atoms with E-state index in [1.54, 1.807) is 0 Å². The van der Waals surface area contributed by atoms with E-state index in [2.05, 4.69) is 9.47 Å². The lowest BCUT2D eigenvalue weighted by atomic mass is 9.97. The second-order valence-electron chi connectivity index (χ2n) is 3.20. The normalized spacial score (nSPS) is 30.4. The van der Waals surface area contributed by atoms with Crippen molar-refractivity contribution in [2.45, 2.75) is 19.6 Å². The van der Waals surface area contributed by atoms with Crippen molar-refractivity contribution in [2.75, 3.05) is 0 Å². The molecule has 0 amide bonds. The molecule has 0 saturated heterocycles. The molecule has 2 aliphatic rings. The number of hydrogen-bond donors (Lipinski definition) is 1. The third-order valence-electron chi connectivity index (χ3n) is 2.10. The Morgan fingerprint density at radius 3 is 2.92 bits per heavy atom. The van der Waals surface area contributed by atoms with Gasteiger partial charge in [0.05, 0.1) is 0 Å². The molecule has 0 aromatic rings. The minimum atomic E-state index is -3.52. The molecule has 0 aromatic carbocycles. The third-order valence-corrected chi connectivity index (χ3v) is 2.10. The molecule has 0 saturated carbocycles. The average Bonchev–Trinajstić information content (AvgIpc) is 2.24. The molecule has 0 spiro atoms. The van der Waals surface area contributed by atoms with E-state index in [4.69, 9.17) is 5.73 Å². The van der Waals surface area contributed by atoms with E-state index >= 15 is 0 Å². The van der Waals surface area contributed by atoms with Crippen LogP contribution in [0.25, 0.3) is 0 Å². The lowest BCUT2D eigenvalue weighted by Crippen LogP contribution is -2.16. The van der Waals surface area contributed by atoms with Gasteiger partial charge in [-0.3, -0.25) is 0 Å². The topological polar surface area (TPSA) is 44.5 Å². The van der Waals surface area contributed by atoms with Crippen LogP contribution in [0.4, 0.5) is 8.78 Å². The summed E-state index contributed by atoms with van der Waals surface area (Å²) in [6, 6.07) is 0. The van der Waals surface area contributed by atoms with Crippen LogP contribution in [0.2, 0.25) is 0 Å². The molecule has 2 rings (SSSR count). The Morgan fingerprint density at radius 2 is 2.23 bits per heavy atom. The predicted octanol–water partition coefficient (Wildman–Crippen LogP) is 1.68. The first-order chi connectivity index (χ1) is 5.98. The molecule has 0 fully saturated rings. The van der Waals surface area contributed by atoms with Gasteiger partial charge in [-0.15, -0.1) is 8.78 Å². The number of rotatable bonds is 0. The van der Waals surface area contributed by atoms with E-state index in [1.165, 1.54) is 6.08 Å². The van der Waals surface area contributed by atoms with E-state index in [-0.39, 0.29) is 17.4 Å². The molecule has 1 heterocycles. The summed E-state index contributed by atoms with van der Waals surface area (Å²) < 4.78 is 33.6. The maximum absolute atomic E-state index is 12.5. The standard InChI is InChI=1S/C8H9F2NO2/c1-4-2-6-7(3-5(4)11)13-8(9,10)12-6/h3-4H,2,11H2,1H3. The molecule has 0 radical (unpaired) electrons. The number of halogens is 2. The summed E-state index contributed by atoms with van der Waals surface area (Å²) in [6.07, 6.45) is -1.76. The van der Waals surface area contributed by atoms with Crippen LogP contribution in [0, 0.1) is 5.92 Å². The second-order valence-corrected chi connectivity index (χ2v) is 3.20. The van der Waals surface area contributed by atoms with Gasteiger partial charge >= 0.3 is 6.29 Å².